The quantitative estimate of drug-likeness (QED) is 0.282. The van der Waals surface area contributed by atoms with E-state index >= 15 is 0 Å². The largest absolute Gasteiger partial charge is 0.349 e. The number of nitrogens with zero attached hydrogens (tertiary/aromatic N) is 2. The summed E-state index contributed by atoms with van der Waals surface area (Å²) in [5.74, 6) is 0. The zero-order valence-corrected chi connectivity index (χ0v) is 17.6. The number of para-hydroxylation sites is 4. The van der Waals surface area contributed by atoms with Crippen molar-refractivity contribution in [1.29, 1.82) is 0 Å². The average molecular weight is 391 g/mol. The van der Waals surface area contributed by atoms with E-state index in [1.54, 1.807) is 0 Å². The van der Waals surface area contributed by atoms with Gasteiger partial charge in [-0.1, -0.05) is 72.8 Å². The first-order chi connectivity index (χ1) is 14.2. The van der Waals surface area contributed by atoms with E-state index in [2.05, 4.69) is 119 Å². The van der Waals surface area contributed by atoms with E-state index in [1.807, 2.05) is 0 Å². The van der Waals surface area contributed by atoms with Gasteiger partial charge < -0.3 is 8.47 Å². The predicted molar refractivity (Wildman–Crippen MR) is 127 cm³/mol. The zero-order chi connectivity index (χ0) is 19.6. The summed E-state index contributed by atoms with van der Waals surface area (Å²) in [5, 5.41) is 5.35. The molecule has 0 unspecified atom stereocenters. The number of aromatic nitrogens is 2. The third-order valence-corrected chi connectivity index (χ3v) is 9.41. The van der Waals surface area contributed by atoms with Gasteiger partial charge in [0.1, 0.15) is 0 Å². The zero-order valence-electron chi connectivity index (χ0n) is 16.6. The summed E-state index contributed by atoms with van der Waals surface area (Å²) in [7, 11) is -2.18. The van der Waals surface area contributed by atoms with Gasteiger partial charge in [0.05, 0.1) is 0 Å². The number of benzene rings is 4. The molecule has 0 saturated carbocycles. The smallest absolute Gasteiger partial charge is 0.267 e. The Morgan fingerprint density at radius 3 is 0.931 bits per heavy atom. The van der Waals surface area contributed by atoms with E-state index in [-0.39, 0.29) is 0 Å². The van der Waals surface area contributed by atoms with Crippen LogP contribution in [0.4, 0.5) is 0 Å². The molecule has 2 aromatic heterocycles. The predicted octanol–water partition coefficient (Wildman–Crippen LogP) is 7.00. The molecule has 6 aromatic rings. The van der Waals surface area contributed by atoms with Crippen LogP contribution in [0.2, 0.25) is 13.1 Å². The molecule has 0 amide bonds. The van der Waals surface area contributed by atoms with Crippen LogP contribution in [0.15, 0.2) is 97.1 Å². The molecular formula is C26H22N2Si. The SMILES string of the molecule is C[Si](C)(n1c2ccccc2c2ccccc21)n1c2ccccc2c2ccccc21. The summed E-state index contributed by atoms with van der Waals surface area (Å²) in [6, 6.07) is 35.4. The molecule has 3 heteroatoms. The molecule has 29 heavy (non-hydrogen) atoms. The summed E-state index contributed by atoms with van der Waals surface area (Å²) in [6.45, 7) is 4.93. The minimum atomic E-state index is -2.18. The van der Waals surface area contributed by atoms with Gasteiger partial charge in [0.15, 0.2) is 0 Å². The highest BCUT2D eigenvalue weighted by molar-refractivity contribution is 6.77. The molecule has 0 aliphatic heterocycles. The van der Waals surface area contributed by atoms with Gasteiger partial charge in [-0.15, -0.1) is 0 Å². The monoisotopic (exact) mass is 390 g/mol. The second kappa shape index (κ2) is 5.85. The summed E-state index contributed by atoms with van der Waals surface area (Å²) in [6.07, 6.45) is 0. The summed E-state index contributed by atoms with van der Waals surface area (Å²) in [4.78, 5) is 0. The molecule has 0 radical (unpaired) electrons. The first-order valence-corrected chi connectivity index (χ1v) is 13.0. The van der Waals surface area contributed by atoms with E-state index < -0.39 is 8.40 Å². The molecule has 6 rings (SSSR count). The summed E-state index contributed by atoms with van der Waals surface area (Å²) < 4.78 is 5.27. The van der Waals surface area contributed by atoms with Crippen LogP contribution in [0.1, 0.15) is 0 Å². The van der Waals surface area contributed by atoms with Crippen molar-refractivity contribution in [2.75, 3.05) is 0 Å². The van der Waals surface area contributed by atoms with Crippen molar-refractivity contribution < 1.29 is 0 Å². The Morgan fingerprint density at radius 2 is 0.655 bits per heavy atom. The van der Waals surface area contributed by atoms with Crippen molar-refractivity contribution in [3.05, 3.63) is 97.1 Å². The molecule has 2 nitrogen and oxygen atoms in total. The van der Waals surface area contributed by atoms with Crippen LogP contribution >= 0.6 is 0 Å². The molecular weight excluding hydrogens is 368 g/mol. The second-order valence-electron chi connectivity index (χ2n) is 8.23. The number of fused-ring (bicyclic) bond motifs is 6. The van der Waals surface area contributed by atoms with E-state index in [0.717, 1.165) is 0 Å². The Hall–Kier alpha value is -3.30. The Kier molecular flexibility index (Phi) is 3.35. The maximum atomic E-state index is 2.64. The fourth-order valence-electron chi connectivity index (χ4n) is 5.12. The van der Waals surface area contributed by atoms with Crippen LogP contribution in [0.3, 0.4) is 0 Å². The van der Waals surface area contributed by atoms with Gasteiger partial charge in [0.25, 0.3) is 8.40 Å². The lowest BCUT2D eigenvalue weighted by molar-refractivity contribution is 1.12. The van der Waals surface area contributed by atoms with Crippen LogP contribution in [0, 0.1) is 0 Å². The molecule has 0 aliphatic carbocycles. The van der Waals surface area contributed by atoms with E-state index in [1.165, 1.54) is 43.6 Å². The molecule has 4 aromatic carbocycles. The van der Waals surface area contributed by atoms with E-state index in [0.29, 0.717) is 0 Å². The van der Waals surface area contributed by atoms with Crippen molar-refractivity contribution in [2.45, 2.75) is 13.1 Å². The number of rotatable bonds is 2. The highest BCUT2D eigenvalue weighted by Gasteiger charge is 2.33. The molecule has 0 N–H and O–H groups in total. The van der Waals surface area contributed by atoms with Gasteiger partial charge in [-0.3, -0.25) is 0 Å². The molecule has 0 atom stereocenters. The van der Waals surface area contributed by atoms with Crippen LogP contribution in [0.25, 0.3) is 43.6 Å². The van der Waals surface area contributed by atoms with Crippen LogP contribution in [-0.2, 0) is 0 Å². The second-order valence-corrected chi connectivity index (χ2v) is 12.1. The molecule has 140 valence electrons. The Balaban J connectivity index is 1.81. The van der Waals surface area contributed by atoms with Gasteiger partial charge in [-0.25, -0.2) is 0 Å². The fraction of sp³-hybridized carbons (Fsp3) is 0.0769. The van der Waals surface area contributed by atoms with Crippen molar-refractivity contribution in [3.8, 4) is 0 Å². The Morgan fingerprint density at radius 1 is 0.414 bits per heavy atom. The molecule has 0 saturated heterocycles. The maximum absolute atomic E-state index is 2.64. The Labute approximate surface area is 170 Å². The third-order valence-electron chi connectivity index (χ3n) is 6.25. The topological polar surface area (TPSA) is 9.86 Å². The lowest BCUT2D eigenvalue weighted by atomic mass is 10.2. The first-order valence-electron chi connectivity index (χ1n) is 10.2. The number of hydrogen-bond donors (Lipinski definition) is 0. The number of hydrogen-bond acceptors (Lipinski definition) is 0. The normalized spacial score (nSPS) is 12.5. The minimum Gasteiger partial charge on any atom is -0.349 e. The van der Waals surface area contributed by atoms with Crippen molar-refractivity contribution >= 4 is 52.0 Å². The van der Waals surface area contributed by atoms with Gasteiger partial charge in [-0.05, 0) is 37.4 Å². The van der Waals surface area contributed by atoms with Gasteiger partial charge in [0, 0.05) is 43.6 Å². The van der Waals surface area contributed by atoms with Gasteiger partial charge in [0.2, 0.25) is 0 Å². The Bertz CT molecular complexity index is 1310. The highest BCUT2D eigenvalue weighted by atomic mass is 28.3. The van der Waals surface area contributed by atoms with Crippen LogP contribution < -0.4 is 0 Å². The summed E-state index contributed by atoms with van der Waals surface area (Å²) >= 11 is 0. The minimum absolute atomic E-state index is 1.33. The maximum Gasteiger partial charge on any atom is 0.267 e. The molecule has 0 fully saturated rings. The van der Waals surface area contributed by atoms with Crippen molar-refractivity contribution in [1.82, 2.24) is 8.47 Å². The standard InChI is InChI=1S/C26H22N2Si/c1-29(2,27-23-15-7-3-11-19(23)20-12-4-8-16-24(20)27)28-25-17-9-5-13-21(25)22-14-6-10-18-26(22)28/h3-18H,1-2H3. The van der Waals surface area contributed by atoms with Crippen molar-refractivity contribution in [3.63, 3.8) is 0 Å². The first kappa shape index (κ1) is 16.6. The van der Waals surface area contributed by atoms with Gasteiger partial charge in [-0.2, -0.15) is 0 Å². The van der Waals surface area contributed by atoms with Crippen LogP contribution in [-0.4, -0.2) is 16.9 Å². The molecule has 0 aliphatic rings. The van der Waals surface area contributed by atoms with E-state index in [9.17, 15) is 0 Å². The molecule has 0 bridgehead atoms. The summed E-state index contributed by atoms with van der Waals surface area (Å²) in [5.41, 5.74) is 5.30. The van der Waals surface area contributed by atoms with E-state index in [4.69, 9.17) is 0 Å². The van der Waals surface area contributed by atoms with Gasteiger partial charge >= 0.3 is 0 Å². The molecule has 2 heterocycles. The molecule has 0 spiro atoms. The van der Waals surface area contributed by atoms with Crippen molar-refractivity contribution in [2.24, 2.45) is 0 Å². The van der Waals surface area contributed by atoms with Crippen LogP contribution in [0.5, 0.6) is 0 Å². The lowest BCUT2D eigenvalue weighted by Gasteiger charge is -2.30. The lowest BCUT2D eigenvalue weighted by Crippen LogP contribution is -2.44. The third kappa shape index (κ3) is 2.16. The fourth-order valence-corrected chi connectivity index (χ4v) is 8.46. The average Bonchev–Trinajstić information content (AvgIpc) is 3.28. The highest BCUT2D eigenvalue weighted by Crippen LogP contribution is 2.36.